The van der Waals surface area contributed by atoms with E-state index in [1.165, 1.54) is 6.07 Å². The van der Waals surface area contributed by atoms with Gasteiger partial charge in [0.15, 0.2) is 11.6 Å². The van der Waals surface area contributed by atoms with E-state index < -0.39 is 41.6 Å². The first-order valence-corrected chi connectivity index (χ1v) is 18.8. The predicted molar refractivity (Wildman–Crippen MR) is 210 cm³/mol. The minimum absolute atomic E-state index is 0.0902. The first-order valence-electron chi connectivity index (χ1n) is 18.1. The van der Waals surface area contributed by atoms with E-state index in [-0.39, 0.29) is 38.0 Å². The zero-order valence-corrected chi connectivity index (χ0v) is 31.5. The summed E-state index contributed by atoms with van der Waals surface area (Å²) in [5, 5.41) is 17.8. The number of carbonyl (C=O) groups excluding carboxylic acids is 3. The highest BCUT2D eigenvalue weighted by Gasteiger charge is 2.28. The number of fused-ring (bicyclic) bond motifs is 1. The number of urea groups is 1. The van der Waals surface area contributed by atoms with Gasteiger partial charge in [-0.1, -0.05) is 65.7 Å². The van der Waals surface area contributed by atoms with Crippen LogP contribution in [0.15, 0.2) is 84.9 Å². The maximum Gasteiger partial charge on any atom is 0.319 e. The van der Waals surface area contributed by atoms with E-state index in [0.717, 1.165) is 60.2 Å². The van der Waals surface area contributed by atoms with Crippen LogP contribution < -0.4 is 27.0 Å². The van der Waals surface area contributed by atoms with Crippen LogP contribution in [0.25, 0.3) is 10.9 Å². The van der Waals surface area contributed by atoms with E-state index in [1.54, 1.807) is 35.0 Å². The Morgan fingerprint density at radius 3 is 2.25 bits per heavy atom. The highest BCUT2D eigenvalue weighted by molar-refractivity contribution is 6.36. The number of likely N-dealkylation sites (tertiary alicyclic amines) is 1. The summed E-state index contributed by atoms with van der Waals surface area (Å²) in [7, 11) is 0. The molecule has 6 rings (SSSR count). The summed E-state index contributed by atoms with van der Waals surface area (Å²) in [6, 6.07) is 20.1. The van der Waals surface area contributed by atoms with Crippen LogP contribution in [-0.4, -0.2) is 64.2 Å². The normalized spacial score (nSPS) is 14.1. The molecule has 5 aromatic rings. The van der Waals surface area contributed by atoms with Crippen molar-refractivity contribution in [1.82, 2.24) is 30.6 Å². The molecule has 0 bridgehead atoms. The van der Waals surface area contributed by atoms with Crippen LogP contribution in [-0.2, 0) is 35.6 Å². The molecule has 2 atom stereocenters. The summed E-state index contributed by atoms with van der Waals surface area (Å²) in [5.74, 6) is -3.34. The Kier molecular flexibility index (Phi) is 13.3. The monoisotopic (exact) mass is 790 g/mol. The molecule has 6 N–H and O–H groups in total. The molecule has 0 saturated carbocycles. The van der Waals surface area contributed by atoms with Crippen molar-refractivity contribution in [3.8, 4) is 0 Å². The molecule has 1 fully saturated rings. The molecule has 0 aliphatic carbocycles. The Bertz CT molecular complexity index is 2130. The highest BCUT2D eigenvalue weighted by atomic mass is 35.5. The number of hydrogen-bond acceptors (Lipinski definition) is 6. The summed E-state index contributed by atoms with van der Waals surface area (Å²) < 4.78 is 29.8. The summed E-state index contributed by atoms with van der Waals surface area (Å²) >= 11 is 13.1. The number of carbonyl (C=O) groups is 3. The Labute approximate surface area is 327 Å². The third kappa shape index (κ3) is 10.4. The van der Waals surface area contributed by atoms with Crippen molar-refractivity contribution in [3.63, 3.8) is 0 Å². The molecule has 4 amide bonds. The molecule has 2 heterocycles. The maximum atomic E-state index is 14.2. The van der Waals surface area contributed by atoms with E-state index >= 15 is 0 Å². The van der Waals surface area contributed by atoms with Gasteiger partial charge in [0.05, 0.1) is 17.8 Å². The van der Waals surface area contributed by atoms with Gasteiger partial charge in [-0.25, -0.2) is 13.6 Å². The zero-order chi connectivity index (χ0) is 38.9. The van der Waals surface area contributed by atoms with Crippen LogP contribution in [0, 0.1) is 11.6 Å². The molecule has 288 valence electrons. The number of nitrogens with zero attached hydrogens (tertiary/aromatic N) is 3. The van der Waals surface area contributed by atoms with Crippen LogP contribution in [0.1, 0.15) is 41.6 Å². The second-order valence-corrected chi connectivity index (χ2v) is 14.3. The second kappa shape index (κ2) is 18.5. The highest BCUT2D eigenvalue weighted by Crippen LogP contribution is 2.29. The lowest BCUT2D eigenvalue weighted by atomic mass is 10.0. The van der Waals surface area contributed by atoms with Crippen molar-refractivity contribution in [2.45, 2.75) is 57.4 Å². The zero-order valence-electron chi connectivity index (χ0n) is 30.0. The quantitative estimate of drug-likeness (QED) is 0.0861. The average molecular weight is 792 g/mol. The summed E-state index contributed by atoms with van der Waals surface area (Å²) in [6.07, 6.45) is 2.16. The number of hydrogen-bond donors (Lipinski definition) is 5. The van der Waals surface area contributed by atoms with Crippen molar-refractivity contribution >= 4 is 57.6 Å². The minimum atomic E-state index is -1.30. The van der Waals surface area contributed by atoms with Crippen molar-refractivity contribution in [2.24, 2.45) is 5.73 Å². The molecule has 1 aliphatic rings. The second-order valence-electron chi connectivity index (χ2n) is 13.5. The van der Waals surface area contributed by atoms with Gasteiger partial charge >= 0.3 is 6.03 Å². The van der Waals surface area contributed by atoms with Crippen molar-refractivity contribution in [3.05, 3.63) is 129 Å². The fraction of sp³-hybridized carbons (Fsp3) is 0.300. The van der Waals surface area contributed by atoms with Gasteiger partial charge < -0.3 is 27.0 Å². The van der Waals surface area contributed by atoms with E-state index in [2.05, 4.69) is 26.2 Å². The molecule has 1 saturated heterocycles. The largest absolute Gasteiger partial charge is 0.350 e. The number of nitrogens with one attached hydrogen (secondary N) is 4. The number of aromatic nitrogens is 2. The number of anilines is 1. The molecule has 1 aliphatic heterocycles. The first-order chi connectivity index (χ1) is 26.6. The molecule has 0 spiro atoms. The third-order valence-corrected chi connectivity index (χ3v) is 10.2. The maximum absolute atomic E-state index is 14.2. The number of benzene rings is 4. The molecule has 55 heavy (non-hydrogen) atoms. The molecular weight excluding hydrogens is 749 g/mol. The van der Waals surface area contributed by atoms with Gasteiger partial charge in [-0.15, -0.1) is 0 Å². The van der Waals surface area contributed by atoms with Crippen LogP contribution in [0.2, 0.25) is 10.0 Å². The standard InChI is InChI=1S/C40H42Cl2F2N8O3/c41-30-9-6-10-31(42)29(30)23-52-37-21-27(12-13-28(37)36(50-52)24-51-17-4-5-18-51)47-40(55)49-35(20-26-11-14-32(43)33(44)19-26)39(54)48-34(15-16-45)38(53)46-22-25-7-2-1-3-8-25/h1-3,6-14,19,21,34-35H,4-5,15-18,20,22-24,45H2,(H,46,53)(H,48,54)(H2,47,49,55)/t34-,35?/m0/s1. The molecule has 1 unspecified atom stereocenters. The lowest BCUT2D eigenvalue weighted by molar-refractivity contribution is -0.130. The van der Waals surface area contributed by atoms with Gasteiger partial charge in [0.25, 0.3) is 0 Å². The van der Waals surface area contributed by atoms with E-state index in [9.17, 15) is 23.2 Å². The Morgan fingerprint density at radius 1 is 0.800 bits per heavy atom. The molecule has 15 heteroatoms. The number of amides is 4. The fourth-order valence-electron chi connectivity index (χ4n) is 6.60. The number of nitrogens with two attached hydrogens (primary N) is 1. The minimum Gasteiger partial charge on any atom is -0.350 e. The van der Waals surface area contributed by atoms with Crippen LogP contribution >= 0.6 is 23.2 Å². The molecule has 1 aromatic heterocycles. The van der Waals surface area contributed by atoms with Crippen molar-refractivity contribution in [1.29, 1.82) is 0 Å². The van der Waals surface area contributed by atoms with Gasteiger partial charge in [-0.2, -0.15) is 5.10 Å². The summed E-state index contributed by atoms with van der Waals surface area (Å²) in [5.41, 5.74) is 9.60. The van der Waals surface area contributed by atoms with Crippen molar-refractivity contribution in [2.75, 3.05) is 25.0 Å². The lowest BCUT2D eigenvalue weighted by Crippen LogP contribution is -2.55. The third-order valence-electron chi connectivity index (χ3n) is 9.47. The fourth-order valence-corrected chi connectivity index (χ4v) is 7.11. The number of rotatable bonds is 15. The Balaban J connectivity index is 1.22. The molecule has 11 nitrogen and oxygen atoms in total. The van der Waals surface area contributed by atoms with Gasteiger partial charge in [-0.3, -0.25) is 19.2 Å². The SMILES string of the molecule is NCC[C@H](NC(=O)C(Cc1ccc(F)c(F)c1)NC(=O)Nc1ccc2c(CN3CCCC3)nn(Cc3c(Cl)cccc3Cl)c2c1)C(=O)NCc1ccccc1. The topological polar surface area (TPSA) is 146 Å². The van der Waals surface area contributed by atoms with Crippen LogP contribution in [0.5, 0.6) is 0 Å². The van der Waals surface area contributed by atoms with Gasteiger partial charge in [-0.05, 0) is 92.5 Å². The van der Waals surface area contributed by atoms with E-state index in [0.29, 0.717) is 27.8 Å². The molecule has 0 radical (unpaired) electrons. The smallest absolute Gasteiger partial charge is 0.319 e. The van der Waals surface area contributed by atoms with Crippen LogP contribution in [0.3, 0.4) is 0 Å². The van der Waals surface area contributed by atoms with Gasteiger partial charge in [0.2, 0.25) is 11.8 Å². The Hall–Kier alpha value is -5.08. The van der Waals surface area contributed by atoms with Crippen LogP contribution in [0.4, 0.5) is 19.3 Å². The predicted octanol–water partition coefficient (Wildman–Crippen LogP) is 6.15. The first kappa shape index (κ1) is 39.6. The molecular formula is C40H42Cl2F2N8O3. The Morgan fingerprint density at radius 2 is 1.55 bits per heavy atom. The summed E-state index contributed by atoms with van der Waals surface area (Å²) in [4.78, 5) is 42.8. The van der Waals surface area contributed by atoms with Crippen molar-refractivity contribution < 1.29 is 23.2 Å². The van der Waals surface area contributed by atoms with Gasteiger partial charge in [0.1, 0.15) is 12.1 Å². The summed E-state index contributed by atoms with van der Waals surface area (Å²) in [6.45, 7) is 3.22. The average Bonchev–Trinajstić information content (AvgIpc) is 3.81. The number of halogens is 4. The van der Waals surface area contributed by atoms with E-state index in [1.807, 2.05) is 36.4 Å². The van der Waals surface area contributed by atoms with Gasteiger partial charge in [0, 0.05) is 46.2 Å². The lowest BCUT2D eigenvalue weighted by Gasteiger charge is -2.23. The molecule has 4 aromatic carbocycles. The van der Waals surface area contributed by atoms with E-state index in [4.69, 9.17) is 34.0 Å².